The minimum Gasteiger partial charge on any atom is -0.465 e. The Balaban J connectivity index is 2.37. The SMILES string of the molecule is CNC1CCc2cc(F)c(C(=O)OC)cc2C1. The lowest BCUT2D eigenvalue weighted by Gasteiger charge is -2.24. The molecule has 3 nitrogen and oxygen atoms in total. The van der Waals surface area contributed by atoms with Crippen LogP contribution in [0.2, 0.25) is 0 Å². The number of carbonyl (C=O) groups is 1. The average molecular weight is 237 g/mol. The summed E-state index contributed by atoms with van der Waals surface area (Å²) >= 11 is 0. The zero-order valence-corrected chi connectivity index (χ0v) is 10.0. The Morgan fingerprint density at radius 1 is 1.47 bits per heavy atom. The Morgan fingerprint density at radius 2 is 2.24 bits per heavy atom. The molecule has 4 heteroatoms. The van der Waals surface area contributed by atoms with Crippen molar-refractivity contribution in [3.05, 3.63) is 34.6 Å². The molecule has 0 amide bonds. The molecule has 1 atom stereocenters. The first-order valence-corrected chi connectivity index (χ1v) is 5.72. The predicted molar refractivity (Wildman–Crippen MR) is 62.6 cm³/mol. The summed E-state index contributed by atoms with van der Waals surface area (Å²) in [7, 11) is 3.18. The lowest BCUT2D eigenvalue weighted by molar-refractivity contribution is 0.0595. The summed E-state index contributed by atoms with van der Waals surface area (Å²) in [5.74, 6) is -1.10. The van der Waals surface area contributed by atoms with Gasteiger partial charge in [-0.05, 0) is 49.6 Å². The van der Waals surface area contributed by atoms with Gasteiger partial charge in [-0.2, -0.15) is 0 Å². The smallest absolute Gasteiger partial charge is 0.340 e. The van der Waals surface area contributed by atoms with Crippen molar-refractivity contribution in [3.63, 3.8) is 0 Å². The molecule has 0 fully saturated rings. The first-order chi connectivity index (χ1) is 8.15. The van der Waals surface area contributed by atoms with Crippen molar-refractivity contribution >= 4 is 5.97 Å². The number of halogens is 1. The van der Waals surface area contributed by atoms with Gasteiger partial charge < -0.3 is 10.1 Å². The van der Waals surface area contributed by atoms with Crippen LogP contribution in [-0.2, 0) is 17.6 Å². The molecule has 17 heavy (non-hydrogen) atoms. The lowest BCUT2D eigenvalue weighted by Crippen LogP contribution is -2.31. The third-order valence-corrected chi connectivity index (χ3v) is 3.33. The summed E-state index contributed by atoms with van der Waals surface area (Å²) in [6.07, 6.45) is 2.68. The van der Waals surface area contributed by atoms with Crippen LogP contribution in [0.1, 0.15) is 27.9 Å². The molecule has 0 bridgehead atoms. The normalized spacial score (nSPS) is 18.6. The van der Waals surface area contributed by atoms with E-state index in [9.17, 15) is 9.18 Å². The standard InChI is InChI=1S/C13H16FNO2/c1-15-10-4-3-8-7-12(14)11(13(16)17-2)6-9(8)5-10/h6-7,10,15H,3-5H2,1-2H3. The number of aryl methyl sites for hydroxylation is 1. The van der Waals surface area contributed by atoms with Crippen molar-refractivity contribution in [2.75, 3.05) is 14.2 Å². The van der Waals surface area contributed by atoms with Crippen molar-refractivity contribution in [1.29, 1.82) is 0 Å². The number of ether oxygens (including phenoxy) is 1. The van der Waals surface area contributed by atoms with Crippen molar-refractivity contribution < 1.29 is 13.9 Å². The van der Waals surface area contributed by atoms with Crippen LogP contribution in [0.3, 0.4) is 0 Å². The maximum Gasteiger partial charge on any atom is 0.340 e. The van der Waals surface area contributed by atoms with Gasteiger partial charge in [-0.1, -0.05) is 0 Å². The third-order valence-electron chi connectivity index (χ3n) is 3.33. The number of likely N-dealkylation sites (N-methyl/N-ethyl adjacent to an activating group) is 1. The van der Waals surface area contributed by atoms with Gasteiger partial charge in [0, 0.05) is 6.04 Å². The van der Waals surface area contributed by atoms with Gasteiger partial charge in [-0.3, -0.25) is 0 Å². The Bertz CT molecular complexity index is 445. The highest BCUT2D eigenvalue weighted by Gasteiger charge is 2.21. The van der Waals surface area contributed by atoms with Gasteiger partial charge in [0.2, 0.25) is 0 Å². The molecule has 0 aromatic heterocycles. The molecule has 1 aliphatic rings. The summed E-state index contributed by atoms with van der Waals surface area (Å²) in [6.45, 7) is 0. The van der Waals surface area contributed by atoms with Gasteiger partial charge in [-0.15, -0.1) is 0 Å². The highest BCUT2D eigenvalue weighted by molar-refractivity contribution is 5.90. The highest BCUT2D eigenvalue weighted by Crippen LogP contribution is 2.25. The second-order valence-corrected chi connectivity index (χ2v) is 4.32. The monoisotopic (exact) mass is 237 g/mol. The van der Waals surface area contributed by atoms with E-state index in [-0.39, 0.29) is 5.56 Å². The van der Waals surface area contributed by atoms with E-state index in [1.807, 2.05) is 7.05 Å². The van der Waals surface area contributed by atoms with Crippen LogP contribution in [0.15, 0.2) is 12.1 Å². The number of benzene rings is 1. The molecule has 1 aromatic rings. The molecular formula is C13H16FNO2. The number of carbonyl (C=O) groups excluding carboxylic acids is 1. The van der Waals surface area contributed by atoms with E-state index in [2.05, 4.69) is 10.1 Å². The van der Waals surface area contributed by atoms with E-state index < -0.39 is 11.8 Å². The minimum absolute atomic E-state index is 0.0306. The maximum atomic E-state index is 13.7. The highest BCUT2D eigenvalue weighted by atomic mass is 19.1. The molecule has 0 aliphatic heterocycles. The summed E-state index contributed by atoms with van der Waals surface area (Å²) in [6, 6.07) is 3.49. The molecule has 0 radical (unpaired) electrons. The second kappa shape index (κ2) is 4.84. The summed E-state index contributed by atoms with van der Waals surface area (Å²) in [5.41, 5.74) is 2.07. The van der Waals surface area contributed by atoms with E-state index >= 15 is 0 Å². The Morgan fingerprint density at radius 3 is 2.88 bits per heavy atom. The van der Waals surface area contributed by atoms with Crippen molar-refractivity contribution in [2.24, 2.45) is 0 Å². The Labute approximate surface area is 100.0 Å². The zero-order valence-electron chi connectivity index (χ0n) is 10.0. The van der Waals surface area contributed by atoms with Crippen LogP contribution in [-0.4, -0.2) is 26.2 Å². The van der Waals surface area contributed by atoms with Crippen LogP contribution < -0.4 is 5.32 Å². The molecule has 1 N–H and O–H groups in total. The fourth-order valence-corrected chi connectivity index (χ4v) is 2.29. The number of methoxy groups -OCH3 is 1. The molecule has 0 heterocycles. The van der Waals surface area contributed by atoms with Gasteiger partial charge in [-0.25, -0.2) is 9.18 Å². The third kappa shape index (κ3) is 2.31. The molecule has 1 aromatic carbocycles. The Kier molecular flexibility index (Phi) is 3.43. The van der Waals surface area contributed by atoms with Crippen molar-refractivity contribution in [2.45, 2.75) is 25.3 Å². The quantitative estimate of drug-likeness (QED) is 0.795. The largest absolute Gasteiger partial charge is 0.465 e. The molecule has 92 valence electrons. The van der Waals surface area contributed by atoms with Gasteiger partial charge in [0.1, 0.15) is 5.82 Å². The van der Waals surface area contributed by atoms with Gasteiger partial charge in [0.25, 0.3) is 0 Å². The molecular weight excluding hydrogens is 221 g/mol. The minimum atomic E-state index is -0.614. The van der Waals surface area contributed by atoms with E-state index in [1.165, 1.54) is 13.2 Å². The van der Waals surface area contributed by atoms with E-state index in [0.717, 1.165) is 30.4 Å². The van der Waals surface area contributed by atoms with Crippen LogP contribution >= 0.6 is 0 Å². The predicted octanol–water partition coefficient (Wildman–Crippen LogP) is 1.69. The number of hydrogen-bond donors (Lipinski definition) is 1. The van der Waals surface area contributed by atoms with Crippen LogP contribution in [0.5, 0.6) is 0 Å². The van der Waals surface area contributed by atoms with Crippen LogP contribution in [0, 0.1) is 5.82 Å². The molecule has 0 saturated carbocycles. The molecule has 2 rings (SSSR count). The molecule has 0 saturated heterocycles. The first kappa shape index (κ1) is 12.0. The zero-order chi connectivity index (χ0) is 12.4. The number of esters is 1. The van der Waals surface area contributed by atoms with Gasteiger partial charge in [0.15, 0.2) is 0 Å². The van der Waals surface area contributed by atoms with E-state index in [4.69, 9.17) is 0 Å². The summed E-state index contributed by atoms with van der Waals surface area (Å²) in [5, 5.41) is 3.21. The van der Waals surface area contributed by atoms with Crippen LogP contribution in [0.4, 0.5) is 4.39 Å². The summed E-state index contributed by atoms with van der Waals surface area (Å²) < 4.78 is 18.2. The number of fused-ring (bicyclic) bond motifs is 1. The molecule has 1 unspecified atom stereocenters. The second-order valence-electron chi connectivity index (χ2n) is 4.32. The van der Waals surface area contributed by atoms with Crippen molar-refractivity contribution in [1.82, 2.24) is 5.32 Å². The lowest BCUT2D eigenvalue weighted by atomic mass is 9.87. The topological polar surface area (TPSA) is 38.3 Å². The molecule has 1 aliphatic carbocycles. The Hall–Kier alpha value is -1.42. The first-order valence-electron chi connectivity index (χ1n) is 5.72. The van der Waals surface area contributed by atoms with Gasteiger partial charge >= 0.3 is 5.97 Å². The van der Waals surface area contributed by atoms with Crippen molar-refractivity contribution in [3.8, 4) is 0 Å². The number of nitrogens with one attached hydrogen (secondary N) is 1. The van der Waals surface area contributed by atoms with E-state index in [1.54, 1.807) is 6.07 Å². The van der Waals surface area contributed by atoms with Crippen LogP contribution in [0.25, 0.3) is 0 Å². The molecule has 0 spiro atoms. The number of rotatable bonds is 2. The average Bonchev–Trinajstić information content (AvgIpc) is 2.36. The maximum absolute atomic E-state index is 13.7. The van der Waals surface area contributed by atoms with E-state index in [0.29, 0.717) is 6.04 Å². The van der Waals surface area contributed by atoms with Gasteiger partial charge in [0.05, 0.1) is 12.7 Å². The fraction of sp³-hybridized carbons (Fsp3) is 0.462. The summed E-state index contributed by atoms with van der Waals surface area (Å²) in [4.78, 5) is 11.4. The number of hydrogen-bond acceptors (Lipinski definition) is 3. The fourth-order valence-electron chi connectivity index (χ4n) is 2.29.